The first-order valence-corrected chi connectivity index (χ1v) is 6.29. The quantitative estimate of drug-likeness (QED) is 0.597. The zero-order valence-electron chi connectivity index (χ0n) is 9.83. The smallest absolute Gasteiger partial charge is 0.229 e. The number of nitrogens with zero attached hydrogens (tertiary/aromatic N) is 1. The molecule has 0 unspecified atom stereocenters. The fraction of sp³-hybridized carbons (Fsp3) is 0.417. The van der Waals surface area contributed by atoms with E-state index in [-0.39, 0.29) is 10.0 Å². The van der Waals surface area contributed by atoms with Gasteiger partial charge in [0.05, 0.1) is 0 Å². The van der Waals surface area contributed by atoms with Crippen LogP contribution in [0.3, 0.4) is 0 Å². The zero-order chi connectivity index (χ0) is 12.8. The van der Waals surface area contributed by atoms with E-state index in [4.69, 9.17) is 0 Å². The van der Waals surface area contributed by atoms with Gasteiger partial charge in [0.1, 0.15) is 5.25 Å². The summed E-state index contributed by atoms with van der Waals surface area (Å²) in [5, 5.41) is 10.5. The molecule has 0 aliphatic carbocycles. The second kappa shape index (κ2) is 6.39. The van der Waals surface area contributed by atoms with E-state index >= 15 is 0 Å². The van der Waals surface area contributed by atoms with E-state index < -0.39 is 11.3 Å². The van der Waals surface area contributed by atoms with Crippen molar-refractivity contribution < 1.29 is 9.72 Å². The van der Waals surface area contributed by atoms with E-state index in [1.165, 1.54) is 6.92 Å². The number of hydrogen-bond acceptors (Lipinski definition) is 4. The Labute approximate surface area is 105 Å². The summed E-state index contributed by atoms with van der Waals surface area (Å²) < 4.78 is 0. The normalized spacial score (nSPS) is 14.0. The lowest BCUT2D eigenvalue weighted by Crippen LogP contribution is -2.25. The second-order valence-electron chi connectivity index (χ2n) is 3.70. The molecule has 0 aliphatic rings. The SMILES string of the molecule is CC[C@H]([C@@H](SC(C)=O)c1ccccc1)[N+](=O)[O-]. The van der Waals surface area contributed by atoms with Crippen LogP contribution in [0.25, 0.3) is 0 Å². The van der Waals surface area contributed by atoms with Gasteiger partial charge < -0.3 is 0 Å². The van der Waals surface area contributed by atoms with Crippen molar-refractivity contribution in [2.75, 3.05) is 0 Å². The monoisotopic (exact) mass is 253 g/mol. The zero-order valence-corrected chi connectivity index (χ0v) is 10.6. The number of carbonyl (C=O) groups excluding carboxylic acids is 1. The fourth-order valence-electron chi connectivity index (χ4n) is 1.66. The number of rotatable bonds is 5. The first kappa shape index (κ1) is 13.7. The molecule has 92 valence electrons. The molecule has 5 heteroatoms. The second-order valence-corrected chi connectivity index (χ2v) is 5.02. The fourth-order valence-corrected chi connectivity index (χ4v) is 2.76. The molecule has 1 rings (SSSR count). The molecule has 0 heterocycles. The van der Waals surface area contributed by atoms with Crippen LogP contribution in [0.4, 0.5) is 0 Å². The number of hydrogen-bond donors (Lipinski definition) is 0. The van der Waals surface area contributed by atoms with E-state index in [0.29, 0.717) is 6.42 Å². The van der Waals surface area contributed by atoms with Gasteiger partial charge in [0.25, 0.3) is 0 Å². The third kappa shape index (κ3) is 3.85. The minimum absolute atomic E-state index is 0.0980. The Hall–Kier alpha value is -1.36. The summed E-state index contributed by atoms with van der Waals surface area (Å²) in [4.78, 5) is 21.9. The van der Waals surface area contributed by atoms with E-state index in [0.717, 1.165) is 17.3 Å². The molecule has 0 fully saturated rings. The highest BCUT2D eigenvalue weighted by Gasteiger charge is 2.32. The van der Waals surface area contributed by atoms with Gasteiger partial charge in [-0.25, -0.2) is 0 Å². The predicted molar refractivity (Wildman–Crippen MR) is 68.5 cm³/mol. The molecule has 0 saturated heterocycles. The first-order chi connectivity index (χ1) is 8.06. The lowest BCUT2D eigenvalue weighted by atomic mass is 10.0. The van der Waals surface area contributed by atoms with Crippen molar-refractivity contribution in [3.05, 3.63) is 46.0 Å². The molecule has 0 aliphatic heterocycles. The van der Waals surface area contributed by atoms with Gasteiger partial charge in [0, 0.05) is 18.3 Å². The molecule has 4 nitrogen and oxygen atoms in total. The predicted octanol–water partition coefficient (Wildman–Crippen LogP) is 3.06. The molecule has 0 saturated carbocycles. The Morgan fingerprint density at radius 2 is 2.00 bits per heavy atom. The van der Waals surface area contributed by atoms with Crippen LogP contribution in [0.5, 0.6) is 0 Å². The van der Waals surface area contributed by atoms with Crippen LogP contribution in [-0.4, -0.2) is 16.1 Å². The van der Waals surface area contributed by atoms with E-state index in [9.17, 15) is 14.9 Å². The number of carbonyl (C=O) groups is 1. The summed E-state index contributed by atoms with van der Waals surface area (Å²) in [5.74, 6) is 0. The molecule has 0 radical (unpaired) electrons. The maximum atomic E-state index is 11.2. The van der Waals surface area contributed by atoms with Gasteiger partial charge in [-0.1, -0.05) is 49.0 Å². The van der Waals surface area contributed by atoms with Gasteiger partial charge in [-0.05, 0) is 5.56 Å². The molecular weight excluding hydrogens is 238 g/mol. The molecule has 0 aromatic heterocycles. The van der Waals surface area contributed by atoms with Gasteiger partial charge in [0.15, 0.2) is 5.12 Å². The maximum Gasteiger partial charge on any atom is 0.229 e. The Balaban J connectivity index is 3.02. The van der Waals surface area contributed by atoms with Crippen molar-refractivity contribution >= 4 is 16.9 Å². The highest BCUT2D eigenvalue weighted by Crippen LogP contribution is 2.35. The molecular formula is C12H15NO3S. The van der Waals surface area contributed by atoms with Crippen molar-refractivity contribution in [2.45, 2.75) is 31.6 Å². The topological polar surface area (TPSA) is 60.2 Å². The average Bonchev–Trinajstić information content (AvgIpc) is 2.29. The highest BCUT2D eigenvalue weighted by atomic mass is 32.2. The molecule has 0 amide bonds. The van der Waals surface area contributed by atoms with Crippen molar-refractivity contribution in [3.8, 4) is 0 Å². The van der Waals surface area contributed by atoms with E-state index in [2.05, 4.69) is 0 Å². The molecule has 2 atom stereocenters. The standard InChI is InChI=1S/C12H15NO3S/c1-3-11(13(15)16)12(17-9(2)14)10-7-5-4-6-8-10/h4-8,11-12H,3H2,1-2H3/t11-,12+/m1/s1. The minimum atomic E-state index is -0.730. The third-order valence-corrected chi connectivity index (χ3v) is 3.63. The summed E-state index contributed by atoms with van der Waals surface area (Å²) in [7, 11) is 0. The summed E-state index contributed by atoms with van der Waals surface area (Å²) >= 11 is 1.03. The molecule has 17 heavy (non-hydrogen) atoms. The van der Waals surface area contributed by atoms with Crippen LogP contribution in [0, 0.1) is 10.1 Å². The van der Waals surface area contributed by atoms with Crippen LogP contribution in [0.2, 0.25) is 0 Å². The minimum Gasteiger partial charge on any atom is -0.288 e. The van der Waals surface area contributed by atoms with Crippen LogP contribution in [-0.2, 0) is 4.79 Å². The molecule has 0 bridgehead atoms. The van der Waals surface area contributed by atoms with Crippen molar-refractivity contribution in [2.24, 2.45) is 0 Å². The van der Waals surface area contributed by atoms with Crippen molar-refractivity contribution in [1.82, 2.24) is 0 Å². The lowest BCUT2D eigenvalue weighted by Gasteiger charge is -2.18. The van der Waals surface area contributed by atoms with Gasteiger partial charge in [-0.3, -0.25) is 14.9 Å². The van der Waals surface area contributed by atoms with E-state index in [1.807, 2.05) is 30.3 Å². The Bertz CT molecular complexity index is 394. The molecule has 0 spiro atoms. The average molecular weight is 253 g/mol. The largest absolute Gasteiger partial charge is 0.288 e. The third-order valence-electron chi connectivity index (χ3n) is 2.46. The molecule has 1 aromatic carbocycles. The Morgan fingerprint density at radius 1 is 1.41 bits per heavy atom. The first-order valence-electron chi connectivity index (χ1n) is 5.42. The summed E-state index contributed by atoms with van der Waals surface area (Å²) in [6.07, 6.45) is 0.410. The van der Waals surface area contributed by atoms with Crippen molar-refractivity contribution in [3.63, 3.8) is 0 Å². The number of thioether (sulfide) groups is 1. The number of nitro groups is 1. The van der Waals surface area contributed by atoms with Crippen LogP contribution >= 0.6 is 11.8 Å². The van der Waals surface area contributed by atoms with Crippen LogP contribution in [0.15, 0.2) is 30.3 Å². The van der Waals surface area contributed by atoms with Gasteiger partial charge >= 0.3 is 0 Å². The summed E-state index contributed by atoms with van der Waals surface area (Å²) in [6.45, 7) is 3.21. The van der Waals surface area contributed by atoms with Gasteiger partial charge in [0.2, 0.25) is 6.04 Å². The maximum absolute atomic E-state index is 11.2. The van der Waals surface area contributed by atoms with Crippen molar-refractivity contribution in [1.29, 1.82) is 0 Å². The van der Waals surface area contributed by atoms with Crippen LogP contribution < -0.4 is 0 Å². The molecule has 1 aromatic rings. The van der Waals surface area contributed by atoms with Crippen LogP contribution in [0.1, 0.15) is 31.1 Å². The Kier molecular flexibility index (Phi) is 5.15. The van der Waals surface area contributed by atoms with Gasteiger partial charge in [-0.15, -0.1) is 0 Å². The Morgan fingerprint density at radius 3 is 2.41 bits per heavy atom. The highest BCUT2D eigenvalue weighted by molar-refractivity contribution is 8.13. The summed E-state index contributed by atoms with van der Waals surface area (Å²) in [5.41, 5.74) is 0.830. The summed E-state index contributed by atoms with van der Waals surface area (Å²) in [6, 6.07) is 8.43. The van der Waals surface area contributed by atoms with E-state index in [1.54, 1.807) is 6.92 Å². The number of benzene rings is 1. The molecule has 0 N–H and O–H groups in total. The lowest BCUT2D eigenvalue weighted by molar-refractivity contribution is -0.522. The van der Waals surface area contributed by atoms with Gasteiger partial charge in [-0.2, -0.15) is 0 Å².